The summed E-state index contributed by atoms with van der Waals surface area (Å²) in [6.45, 7) is 1.83. The Bertz CT molecular complexity index is 932. The van der Waals surface area contributed by atoms with Crippen molar-refractivity contribution in [2.24, 2.45) is 10.2 Å². The molecule has 3 rings (SSSR count). The first kappa shape index (κ1) is 17.1. The molecule has 0 bridgehead atoms. The van der Waals surface area contributed by atoms with Crippen LogP contribution in [-0.4, -0.2) is 11.9 Å². The van der Waals surface area contributed by atoms with Gasteiger partial charge in [0.1, 0.15) is 0 Å². The second-order valence-electron chi connectivity index (χ2n) is 5.34. The number of furan rings is 1. The molecule has 3 aromatic rings. The summed E-state index contributed by atoms with van der Waals surface area (Å²) in [4.78, 5) is 28.8. The number of carbonyl (C=O) groups is 2. The highest BCUT2D eigenvalue weighted by Gasteiger charge is 2.10. The SMILES string of the molecule is Cc1ccccc1C(=O)ONc1ccc(N=NC(=O)c2ccco2)cc1. The van der Waals surface area contributed by atoms with E-state index in [1.165, 1.54) is 12.3 Å². The highest BCUT2D eigenvalue weighted by molar-refractivity contribution is 5.92. The summed E-state index contributed by atoms with van der Waals surface area (Å²) < 4.78 is 4.94. The molecule has 0 aliphatic rings. The average Bonchev–Trinajstić information content (AvgIpc) is 3.20. The number of anilines is 1. The smallest absolute Gasteiger partial charge is 0.363 e. The molecule has 1 heterocycles. The van der Waals surface area contributed by atoms with Crippen LogP contribution in [0.1, 0.15) is 26.5 Å². The lowest BCUT2D eigenvalue weighted by molar-refractivity contribution is 0.0595. The number of nitrogens with one attached hydrogen (secondary N) is 1. The van der Waals surface area contributed by atoms with Gasteiger partial charge in [-0.15, -0.1) is 10.2 Å². The van der Waals surface area contributed by atoms with Crippen molar-refractivity contribution >= 4 is 23.3 Å². The zero-order chi connectivity index (χ0) is 18.4. The van der Waals surface area contributed by atoms with Crippen molar-refractivity contribution in [2.75, 3.05) is 5.48 Å². The minimum absolute atomic E-state index is 0.121. The van der Waals surface area contributed by atoms with E-state index in [1.54, 1.807) is 42.5 Å². The first-order chi connectivity index (χ1) is 12.6. The largest absolute Gasteiger partial charge is 0.459 e. The fourth-order valence-electron chi connectivity index (χ4n) is 2.11. The van der Waals surface area contributed by atoms with Crippen LogP contribution >= 0.6 is 0 Å². The Balaban J connectivity index is 1.57. The summed E-state index contributed by atoms with van der Waals surface area (Å²) in [5.74, 6) is -0.921. The first-order valence-corrected chi connectivity index (χ1v) is 7.76. The average molecular weight is 349 g/mol. The zero-order valence-corrected chi connectivity index (χ0v) is 13.9. The van der Waals surface area contributed by atoms with Crippen molar-refractivity contribution in [3.05, 3.63) is 83.8 Å². The maximum absolute atomic E-state index is 12.0. The van der Waals surface area contributed by atoms with E-state index in [4.69, 9.17) is 9.25 Å². The zero-order valence-electron chi connectivity index (χ0n) is 13.9. The predicted octanol–water partition coefficient (Wildman–Crippen LogP) is 4.70. The highest BCUT2D eigenvalue weighted by Crippen LogP contribution is 2.18. The molecule has 0 aliphatic carbocycles. The van der Waals surface area contributed by atoms with Crippen molar-refractivity contribution in [3.8, 4) is 0 Å². The van der Waals surface area contributed by atoms with Gasteiger partial charge in [-0.25, -0.2) is 10.3 Å². The van der Waals surface area contributed by atoms with Crippen LogP contribution < -0.4 is 5.48 Å². The molecule has 0 saturated heterocycles. The first-order valence-electron chi connectivity index (χ1n) is 7.76. The van der Waals surface area contributed by atoms with Gasteiger partial charge in [0.25, 0.3) is 0 Å². The lowest BCUT2D eigenvalue weighted by Gasteiger charge is -2.08. The number of hydrogen-bond acceptors (Lipinski definition) is 6. The fourth-order valence-corrected chi connectivity index (χ4v) is 2.11. The van der Waals surface area contributed by atoms with Crippen LogP contribution in [0.4, 0.5) is 11.4 Å². The van der Waals surface area contributed by atoms with Gasteiger partial charge >= 0.3 is 11.9 Å². The van der Waals surface area contributed by atoms with Gasteiger partial charge in [-0.2, -0.15) is 0 Å². The summed E-state index contributed by atoms with van der Waals surface area (Å²) >= 11 is 0. The maximum atomic E-state index is 12.0. The Morgan fingerprint density at radius 3 is 2.46 bits per heavy atom. The van der Waals surface area contributed by atoms with Crippen molar-refractivity contribution < 1.29 is 18.8 Å². The predicted molar refractivity (Wildman–Crippen MR) is 94.2 cm³/mol. The van der Waals surface area contributed by atoms with E-state index < -0.39 is 11.9 Å². The lowest BCUT2D eigenvalue weighted by Crippen LogP contribution is -2.11. The Labute approximate surface area is 149 Å². The van der Waals surface area contributed by atoms with Crippen LogP contribution in [0.3, 0.4) is 0 Å². The molecule has 0 unspecified atom stereocenters. The molecular formula is C19H15N3O4. The normalized spacial score (nSPS) is 10.7. The van der Waals surface area contributed by atoms with E-state index in [0.717, 1.165) is 5.56 Å². The Morgan fingerprint density at radius 1 is 1.00 bits per heavy atom. The molecule has 0 fully saturated rings. The van der Waals surface area contributed by atoms with Crippen LogP contribution in [0.2, 0.25) is 0 Å². The number of amides is 1. The number of aryl methyl sites for hydroxylation is 1. The summed E-state index contributed by atoms with van der Waals surface area (Å²) in [6, 6.07) is 16.8. The number of benzene rings is 2. The minimum Gasteiger partial charge on any atom is -0.459 e. The molecule has 130 valence electrons. The second-order valence-corrected chi connectivity index (χ2v) is 5.34. The van der Waals surface area contributed by atoms with Crippen LogP contribution in [0.5, 0.6) is 0 Å². The van der Waals surface area contributed by atoms with Crippen molar-refractivity contribution in [2.45, 2.75) is 6.92 Å². The van der Waals surface area contributed by atoms with Gasteiger partial charge in [-0.3, -0.25) is 4.79 Å². The van der Waals surface area contributed by atoms with Crippen LogP contribution in [0, 0.1) is 6.92 Å². The molecule has 0 radical (unpaired) electrons. The van der Waals surface area contributed by atoms with E-state index in [2.05, 4.69) is 15.7 Å². The van der Waals surface area contributed by atoms with Crippen LogP contribution in [0.15, 0.2) is 81.6 Å². The van der Waals surface area contributed by atoms with Crippen LogP contribution in [0.25, 0.3) is 0 Å². The molecule has 26 heavy (non-hydrogen) atoms. The van der Waals surface area contributed by atoms with Gasteiger partial charge in [0.15, 0.2) is 5.76 Å². The van der Waals surface area contributed by atoms with Gasteiger partial charge < -0.3 is 9.25 Å². The topological polar surface area (TPSA) is 93.3 Å². The Kier molecular flexibility index (Phi) is 5.19. The third kappa shape index (κ3) is 4.21. The third-order valence-electron chi connectivity index (χ3n) is 3.48. The van der Waals surface area contributed by atoms with Gasteiger partial charge in [-0.1, -0.05) is 18.2 Å². The molecule has 0 atom stereocenters. The molecule has 0 aliphatic heterocycles. The van der Waals surface area contributed by atoms with E-state index in [1.807, 2.05) is 19.1 Å². The minimum atomic E-state index is -0.565. The standard InChI is InChI=1S/C19H15N3O4/c1-13-5-2-3-6-16(13)19(24)26-22-15-10-8-14(9-11-15)20-21-18(23)17-7-4-12-25-17/h2-12,22H,1H3. The number of nitrogens with zero attached hydrogens (tertiary/aromatic N) is 2. The molecule has 7 nitrogen and oxygen atoms in total. The maximum Gasteiger partial charge on any atom is 0.363 e. The van der Waals surface area contributed by atoms with E-state index in [9.17, 15) is 9.59 Å². The Morgan fingerprint density at radius 2 is 1.77 bits per heavy atom. The number of azo groups is 1. The van der Waals surface area contributed by atoms with E-state index in [-0.39, 0.29) is 5.76 Å². The van der Waals surface area contributed by atoms with E-state index in [0.29, 0.717) is 16.9 Å². The van der Waals surface area contributed by atoms with Gasteiger partial charge in [0, 0.05) is 0 Å². The second kappa shape index (κ2) is 7.89. The molecular weight excluding hydrogens is 334 g/mol. The molecule has 0 spiro atoms. The summed E-state index contributed by atoms with van der Waals surface area (Å²) in [5, 5.41) is 7.41. The highest BCUT2D eigenvalue weighted by atomic mass is 16.7. The van der Waals surface area contributed by atoms with Crippen molar-refractivity contribution in [3.63, 3.8) is 0 Å². The summed E-state index contributed by atoms with van der Waals surface area (Å²) in [7, 11) is 0. The van der Waals surface area contributed by atoms with Gasteiger partial charge in [0.05, 0.1) is 23.2 Å². The third-order valence-corrected chi connectivity index (χ3v) is 3.48. The number of carbonyl (C=O) groups excluding carboxylic acids is 2. The number of rotatable bonds is 5. The Hall–Kier alpha value is -3.74. The molecule has 7 heteroatoms. The van der Waals surface area contributed by atoms with Gasteiger partial charge in [-0.05, 0) is 55.0 Å². The van der Waals surface area contributed by atoms with Crippen molar-refractivity contribution in [1.29, 1.82) is 0 Å². The van der Waals surface area contributed by atoms with Gasteiger partial charge in [0.2, 0.25) is 0 Å². The fraction of sp³-hybridized carbons (Fsp3) is 0.0526. The van der Waals surface area contributed by atoms with Crippen molar-refractivity contribution in [1.82, 2.24) is 0 Å². The molecule has 1 N–H and O–H groups in total. The quantitative estimate of drug-likeness (QED) is 0.532. The molecule has 1 amide bonds. The molecule has 0 saturated carbocycles. The van der Waals surface area contributed by atoms with E-state index >= 15 is 0 Å². The number of hydrogen-bond donors (Lipinski definition) is 1. The molecule has 1 aromatic heterocycles. The van der Waals surface area contributed by atoms with Crippen LogP contribution in [-0.2, 0) is 4.84 Å². The summed E-state index contributed by atoms with van der Waals surface area (Å²) in [5.41, 5.74) is 4.93. The summed E-state index contributed by atoms with van der Waals surface area (Å²) in [6.07, 6.45) is 1.39. The monoisotopic (exact) mass is 349 g/mol. The lowest BCUT2D eigenvalue weighted by atomic mass is 10.1. The molecule has 2 aromatic carbocycles.